The number of hydrogen-bond donors (Lipinski definition) is 0. The van der Waals surface area contributed by atoms with Gasteiger partial charge >= 0.3 is 25.7 Å². The predicted molar refractivity (Wildman–Crippen MR) is 73.3 cm³/mol. The zero-order chi connectivity index (χ0) is 13.0. The monoisotopic (exact) mass is 282 g/mol. The molecule has 98 valence electrons. The molecule has 0 radical (unpaired) electrons. The average molecular weight is 283 g/mol. The van der Waals surface area contributed by atoms with Gasteiger partial charge in [-0.05, 0) is 46.2 Å². The summed E-state index contributed by atoms with van der Waals surface area (Å²) in [6, 6.07) is 0. The molecule has 0 atom stereocenters. The first-order valence-corrected chi connectivity index (χ1v) is 14.1. The van der Waals surface area contributed by atoms with Crippen LogP contribution in [0.25, 0.3) is 0 Å². The van der Waals surface area contributed by atoms with E-state index in [1.165, 1.54) is 0 Å². The van der Waals surface area contributed by atoms with Crippen molar-refractivity contribution in [1.29, 1.82) is 0 Å². The van der Waals surface area contributed by atoms with Crippen LogP contribution in [0.3, 0.4) is 0 Å². The smallest absolute Gasteiger partial charge is 0.322 e. The van der Waals surface area contributed by atoms with Gasteiger partial charge in [0, 0.05) is 13.7 Å². The number of rotatable bonds is 7. The molecule has 0 aromatic rings. The van der Waals surface area contributed by atoms with Crippen LogP contribution in [0.15, 0.2) is 0 Å². The molecule has 0 bridgehead atoms. The van der Waals surface area contributed by atoms with Crippen molar-refractivity contribution < 1.29 is 17.1 Å². The lowest BCUT2D eigenvalue weighted by Gasteiger charge is -2.36. The molecule has 0 heterocycles. The lowest BCUT2D eigenvalue weighted by molar-refractivity contribution is 0.227. The molecule has 0 amide bonds. The molecule has 0 saturated heterocycles. The van der Waals surface area contributed by atoms with E-state index in [2.05, 4.69) is 26.2 Å². The van der Waals surface area contributed by atoms with E-state index in [1.54, 1.807) is 7.11 Å². The van der Waals surface area contributed by atoms with Crippen molar-refractivity contribution in [3.63, 3.8) is 0 Å². The van der Waals surface area contributed by atoms with E-state index in [-0.39, 0.29) is 0 Å². The van der Waals surface area contributed by atoms with Crippen LogP contribution in [0, 0.1) is 0 Å². The Morgan fingerprint density at radius 3 is 1.56 bits per heavy atom. The Bertz CT molecular complexity index is 219. The Morgan fingerprint density at radius 1 is 0.750 bits per heavy atom. The highest BCUT2D eigenvalue weighted by atomic mass is 28.5. The Hall–Kier alpha value is 0.491. The topological polar surface area (TPSA) is 36.9 Å². The second-order valence-corrected chi connectivity index (χ2v) is 15.8. The van der Waals surface area contributed by atoms with Crippen molar-refractivity contribution in [1.82, 2.24) is 0 Å². The van der Waals surface area contributed by atoms with Crippen molar-refractivity contribution in [3.05, 3.63) is 0 Å². The molecule has 0 aliphatic rings. The Kier molecular flexibility index (Phi) is 6.08. The molecule has 0 saturated carbocycles. The maximum Gasteiger partial charge on any atom is 0.322 e. The lowest BCUT2D eigenvalue weighted by atomic mass is 10.9. The van der Waals surface area contributed by atoms with Gasteiger partial charge in [-0.1, -0.05) is 0 Å². The summed E-state index contributed by atoms with van der Waals surface area (Å²) in [7, 11) is -4.54. The van der Waals surface area contributed by atoms with Gasteiger partial charge in [0.15, 0.2) is 0 Å². The molecule has 7 heteroatoms. The van der Waals surface area contributed by atoms with Gasteiger partial charge in [0.1, 0.15) is 0 Å². The van der Waals surface area contributed by atoms with Crippen LogP contribution >= 0.6 is 0 Å². The molecule has 0 rings (SSSR count). The van der Waals surface area contributed by atoms with E-state index < -0.39 is 25.7 Å². The van der Waals surface area contributed by atoms with Gasteiger partial charge in [-0.25, -0.2) is 0 Å². The van der Waals surface area contributed by atoms with Gasteiger partial charge in [0.05, 0.1) is 0 Å². The fraction of sp³-hybridized carbons (Fsp3) is 1.00. The van der Waals surface area contributed by atoms with E-state index in [0.717, 1.165) is 0 Å². The lowest BCUT2D eigenvalue weighted by Crippen LogP contribution is -2.54. The van der Waals surface area contributed by atoms with Crippen LogP contribution < -0.4 is 0 Å². The summed E-state index contributed by atoms with van der Waals surface area (Å²) in [5.74, 6) is 0. The minimum Gasteiger partial charge on any atom is -0.415 e. The van der Waals surface area contributed by atoms with E-state index >= 15 is 0 Å². The highest BCUT2D eigenvalue weighted by Crippen LogP contribution is 2.21. The first kappa shape index (κ1) is 16.5. The Morgan fingerprint density at radius 2 is 1.19 bits per heavy atom. The SMILES string of the molecule is CCO[Si](C)(C)O[Si](C)(C)O[Si](C)(C)OC. The minimum absolute atomic E-state index is 0.689. The highest BCUT2D eigenvalue weighted by Gasteiger charge is 2.41. The molecule has 0 fully saturated rings. The molecule has 0 unspecified atom stereocenters. The van der Waals surface area contributed by atoms with Gasteiger partial charge in [-0.3, -0.25) is 0 Å². The summed E-state index contributed by atoms with van der Waals surface area (Å²) in [5, 5.41) is 0. The summed E-state index contributed by atoms with van der Waals surface area (Å²) in [6.07, 6.45) is 0. The quantitative estimate of drug-likeness (QED) is 0.673. The third-order valence-electron chi connectivity index (χ3n) is 1.97. The third-order valence-corrected chi connectivity index (χ3v) is 11.8. The Labute approximate surface area is 103 Å². The molecule has 0 N–H and O–H groups in total. The molecule has 16 heavy (non-hydrogen) atoms. The van der Waals surface area contributed by atoms with Gasteiger partial charge in [-0.2, -0.15) is 0 Å². The summed E-state index contributed by atoms with van der Waals surface area (Å²) < 4.78 is 23.2. The Balaban J connectivity index is 4.45. The van der Waals surface area contributed by atoms with E-state index in [4.69, 9.17) is 17.1 Å². The van der Waals surface area contributed by atoms with Gasteiger partial charge in [-0.15, -0.1) is 0 Å². The van der Waals surface area contributed by atoms with Gasteiger partial charge < -0.3 is 17.1 Å². The molecule has 0 aromatic carbocycles. The van der Waals surface area contributed by atoms with E-state index in [1.807, 2.05) is 20.0 Å². The van der Waals surface area contributed by atoms with Gasteiger partial charge in [0.2, 0.25) is 0 Å². The summed E-state index contributed by atoms with van der Waals surface area (Å²) in [5.41, 5.74) is 0. The zero-order valence-electron chi connectivity index (χ0n) is 11.8. The molecule has 0 aliphatic heterocycles. The maximum absolute atomic E-state index is 6.09. The minimum atomic E-state index is -2.16. The molecule has 0 aliphatic carbocycles. The average Bonchev–Trinajstić information content (AvgIpc) is 1.99. The highest BCUT2D eigenvalue weighted by molar-refractivity contribution is 6.84. The maximum atomic E-state index is 6.09. The fourth-order valence-corrected chi connectivity index (χ4v) is 12.9. The summed E-state index contributed by atoms with van der Waals surface area (Å²) in [6.45, 7) is 14.9. The van der Waals surface area contributed by atoms with Crippen LogP contribution in [-0.2, 0) is 17.1 Å². The van der Waals surface area contributed by atoms with Crippen molar-refractivity contribution in [2.24, 2.45) is 0 Å². The zero-order valence-corrected chi connectivity index (χ0v) is 14.8. The first-order chi connectivity index (χ1) is 7.04. The second kappa shape index (κ2) is 5.89. The standard InChI is InChI=1S/C9H26O4Si3/c1-9-11-15(5,6)13-16(7,8)12-14(3,4)10-2/h9H2,1-8H3. The molecule has 0 aromatic heterocycles. The van der Waals surface area contributed by atoms with Crippen molar-refractivity contribution >= 4 is 25.7 Å². The van der Waals surface area contributed by atoms with Crippen LogP contribution in [0.4, 0.5) is 0 Å². The normalized spacial score (nSPS) is 14.2. The first-order valence-electron chi connectivity index (χ1n) is 5.63. The van der Waals surface area contributed by atoms with Crippen molar-refractivity contribution in [2.75, 3.05) is 13.7 Å². The van der Waals surface area contributed by atoms with Crippen molar-refractivity contribution in [2.45, 2.75) is 46.2 Å². The molecule has 0 spiro atoms. The number of hydrogen-bond acceptors (Lipinski definition) is 4. The molecular weight excluding hydrogens is 256 g/mol. The van der Waals surface area contributed by atoms with E-state index in [0.29, 0.717) is 6.61 Å². The van der Waals surface area contributed by atoms with Crippen LogP contribution in [-0.4, -0.2) is 39.4 Å². The van der Waals surface area contributed by atoms with Crippen LogP contribution in [0.5, 0.6) is 0 Å². The summed E-state index contributed by atoms with van der Waals surface area (Å²) >= 11 is 0. The van der Waals surface area contributed by atoms with Crippen LogP contribution in [0.2, 0.25) is 39.3 Å². The predicted octanol–water partition coefficient (Wildman–Crippen LogP) is 2.81. The third kappa shape index (κ3) is 6.94. The van der Waals surface area contributed by atoms with E-state index in [9.17, 15) is 0 Å². The molecule has 4 nitrogen and oxygen atoms in total. The second-order valence-electron chi connectivity index (χ2n) is 5.04. The van der Waals surface area contributed by atoms with Crippen LogP contribution in [0.1, 0.15) is 6.92 Å². The fourth-order valence-electron chi connectivity index (χ4n) is 1.62. The molecular formula is C9H26O4Si3. The van der Waals surface area contributed by atoms with Crippen molar-refractivity contribution in [3.8, 4) is 0 Å². The largest absolute Gasteiger partial charge is 0.415 e. The van der Waals surface area contributed by atoms with Gasteiger partial charge in [0.25, 0.3) is 0 Å². The summed E-state index contributed by atoms with van der Waals surface area (Å²) in [4.78, 5) is 0.